The van der Waals surface area contributed by atoms with Gasteiger partial charge in [0.1, 0.15) is 5.82 Å². The SMILES string of the molecule is CCCN1CCC2(CC1)c1ncc(-c3cccnc3)n1CCN2C. The summed E-state index contributed by atoms with van der Waals surface area (Å²) in [4.78, 5) is 14.3. The van der Waals surface area contributed by atoms with Crippen molar-refractivity contribution in [3.63, 3.8) is 0 Å². The first-order valence-corrected chi connectivity index (χ1v) is 9.14. The van der Waals surface area contributed by atoms with Crippen LogP contribution in [-0.2, 0) is 12.1 Å². The number of hydrogen-bond acceptors (Lipinski definition) is 4. The van der Waals surface area contributed by atoms with E-state index in [0.717, 1.165) is 13.1 Å². The number of hydrogen-bond donors (Lipinski definition) is 0. The van der Waals surface area contributed by atoms with Gasteiger partial charge in [0.05, 0.1) is 17.4 Å². The van der Waals surface area contributed by atoms with Crippen molar-refractivity contribution in [2.24, 2.45) is 0 Å². The van der Waals surface area contributed by atoms with Crippen molar-refractivity contribution in [3.8, 4) is 11.3 Å². The number of nitrogens with zero attached hydrogens (tertiary/aromatic N) is 5. The second-order valence-electron chi connectivity index (χ2n) is 7.16. The van der Waals surface area contributed by atoms with Gasteiger partial charge in [-0.25, -0.2) is 4.98 Å². The third-order valence-electron chi connectivity index (χ3n) is 5.84. The van der Waals surface area contributed by atoms with Gasteiger partial charge in [-0.15, -0.1) is 0 Å². The van der Waals surface area contributed by atoms with Crippen molar-refractivity contribution in [2.75, 3.05) is 33.2 Å². The molecule has 0 radical (unpaired) electrons. The maximum atomic E-state index is 4.91. The largest absolute Gasteiger partial charge is 0.325 e. The molecule has 5 heteroatoms. The van der Waals surface area contributed by atoms with E-state index in [0.29, 0.717) is 0 Å². The van der Waals surface area contributed by atoms with Crippen LogP contribution in [0.2, 0.25) is 0 Å². The zero-order valence-electron chi connectivity index (χ0n) is 14.8. The minimum absolute atomic E-state index is 0.100. The fourth-order valence-electron chi connectivity index (χ4n) is 4.42. The molecule has 0 unspecified atom stereocenters. The van der Waals surface area contributed by atoms with E-state index >= 15 is 0 Å². The molecule has 24 heavy (non-hydrogen) atoms. The van der Waals surface area contributed by atoms with Gasteiger partial charge in [-0.1, -0.05) is 6.92 Å². The van der Waals surface area contributed by atoms with Crippen LogP contribution in [0.4, 0.5) is 0 Å². The second-order valence-corrected chi connectivity index (χ2v) is 7.16. The number of fused-ring (bicyclic) bond motifs is 2. The number of imidazole rings is 1. The Morgan fingerprint density at radius 2 is 1.96 bits per heavy atom. The molecule has 0 atom stereocenters. The first-order valence-electron chi connectivity index (χ1n) is 9.14. The molecule has 0 aromatic carbocycles. The van der Waals surface area contributed by atoms with E-state index in [1.807, 2.05) is 24.7 Å². The highest BCUT2D eigenvalue weighted by Crippen LogP contribution is 2.41. The van der Waals surface area contributed by atoms with Crippen molar-refractivity contribution in [3.05, 3.63) is 36.5 Å². The molecule has 0 saturated carbocycles. The molecule has 2 aromatic rings. The molecule has 1 spiro atoms. The number of likely N-dealkylation sites (N-methyl/N-ethyl adjacent to an activating group) is 1. The molecule has 0 aliphatic carbocycles. The van der Waals surface area contributed by atoms with Gasteiger partial charge in [0, 0.05) is 44.1 Å². The normalized spacial score (nSPS) is 21.1. The van der Waals surface area contributed by atoms with Gasteiger partial charge >= 0.3 is 0 Å². The molecule has 128 valence electrons. The summed E-state index contributed by atoms with van der Waals surface area (Å²) in [5.41, 5.74) is 2.48. The molecule has 4 rings (SSSR count). The summed E-state index contributed by atoms with van der Waals surface area (Å²) in [7, 11) is 2.28. The number of rotatable bonds is 3. The van der Waals surface area contributed by atoms with Crippen LogP contribution in [0.5, 0.6) is 0 Å². The Hall–Kier alpha value is -1.72. The number of likely N-dealkylation sites (tertiary alicyclic amines) is 1. The van der Waals surface area contributed by atoms with E-state index in [4.69, 9.17) is 4.98 Å². The van der Waals surface area contributed by atoms with Gasteiger partial charge in [-0.2, -0.15) is 0 Å². The molecule has 0 amide bonds. The zero-order valence-corrected chi connectivity index (χ0v) is 14.8. The summed E-state index contributed by atoms with van der Waals surface area (Å²) in [6, 6.07) is 4.13. The lowest BCUT2D eigenvalue weighted by atomic mass is 9.83. The van der Waals surface area contributed by atoms with Crippen LogP contribution in [-0.4, -0.2) is 57.6 Å². The van der Waals surface area contributed by atoms with E-state index < -0.39 is 0 Å². The summed E-state index contributed by atoms with van der Waals surface area (Å²) < 4.78 is 2.44. The highest BCUT2D eigenvalue weighted by molar-refractivity contribution is 5.58. The molecular formula is C19H27N5. The van der Waals surface area contributed by atoms with Crippen LogP contribution in [0.3, 0.4) is 0 Å². The molecular weight excluding hydrogens is 298 g/mol. The fourth-order valence-corrected chi connectivity index (χ4v) is 4.42. The van der Waals surface area contributed by atoms with Crippen molar-refractivity contribution in [1.82, 2.24) is 24.3 Å². The molecule has 5 nitrogen and oxygen atoms in total. The average molecular weight is 325 g/mol. The fraction of sp³-hybridized carbons (Fsp3) is 0.579. The highest BCUT2D eigenvalue weighted by atomic mass is 15.3. The van der Waals surface area contributed by atoms with Gasteiger partial charge < -0.3 is 9.47 Å². The van der Waals surface area contributed by atoms with E-state index in [9.17, 15) is 0 Å². The number of aromatic nitrogens is 3. The Morgan fingerprint density at radius 1 is 1.12 bits per heavy atom. The van der Waals surface area contributed by atoms with Crippen LogP contribution in [0.15, 0.2) is 30.7 Å². The molecule has 2 aliphatic rings. The predicted octanol–water partition coefficient (Wildman–Crippen LogP) is 2.59. The smallest absolute Gasteiger partial charge is 0.129 e. The van der Waals surface area contributed by atoms with Crippen LogP contribution < -0.4 is 0 Å². The Bertz CT molecular complexity index is 685. The Kier molecular flexibility index (Phi) is 4.14. The van der Waals surface area contributed by atoms with Crippen LogP contribution in [0.25, 0.3) is 11.3 Å². The average Bonchev–Trinajstić information content (AvgIpc) is 3.06. The standard InChI is InChI=1S/C19H27N5/c1-3-9-23-10-6-19(7-11-23)18-21-15-17(16-5-4-8-20-14-16)24(18)13-12-22(19)2/h4-5,8,14-15H,3,6-7,9-13H2,1-2H3. The Balaban J connectivity index is 1.68. The zero-order chi connectivity index (χ0) is 16.6. The molecule has 0 N–H and O–H groups in total. The summed E-state index contributed by atoms with van der Waals surface area (Å²) >= 11 is 0. The van der Waals surface area contributed by atoms with Crippen molar-refractivity contribution in [2.45, 2.75) is 38.3 Å². The monoisotopic (exact) mass is 325 g/mol. The molecule has 1 fully saturated rings. The van der Waals surface area contributed by atoms with Crippen molar-refractivity contribution in [1.29, 1.82) is 0 Å². The van der Waals surface area contributed by atoms with E-state index in [-0.39, 0.29) is 5.54 Å². The van der Waals surface area contributed by atoms with Gasteiger partial charge in [0.2, 0.25) is 0 Å². The van der Waals surface area contributed by atoms with Crippen molar-refractivity contribution < 1.29 is 0 Å². The molecule has 4 heterocycles. The molecule has 0 bridgehead atoms. The van der Waals surface area contributed by atoms with Gasteiger partial charge in [0.25, 0.3) is 0 Å². The first-order chi connectivity index (χ1) is 11.7. The number of pyridine rings is 1. The topological polar surface area (TPSA) is 37.2 Å². The summed E-state index contributed by atoms with van der Waals surface area (Å²) in [6.07, 6.45) is 9.41. The summed E-state index contributed by atoms with van der Waals surface area (Å²) in [5.74, 6) is 1.26. The highest BCUT2D eigenvalue weighted by Gasteiger charge is 2.45. The minimum Gasteiger partial charge on any atom is -0.325 e. The van der Waals surface area contributed by atoms with E-state index in [2.05, 4.69) is 39.4 Å². The van der Waals surface area contributed by atoms with Crippen molar-refractivity contribution >= 4 is 0 Å². The first kappa shape index (κ1) is 15.8. The van der Waals surface area contributed by atoms with Crippen LogP contribution in [0.1, 0.15) is 32.0 Å². The lowest BCUT2D eigenvalue weighted by Gasteiger charge is -2.49. The second kappa shape index (κ2) is 6.30. The third kappa shape index (κ3) is 2.47. The molecule has 2 aromatic heterocycles. The predicted molar refractivity (Wildman–Crippen MR) is 95.7 cm³/mol. The summed E-state index contributed by atoms with van der Waals surface area (Å²) in [6.45, 7) is 7.93. The van der Waals surface area contributed by atoms with Crippen LogP contribution in [0, 0.1) is 0 Å². The maximum absolute atomic E-state index is 4.91. The lowest BCUT2D eigenvalue weighted by Crippen LogP contribution is -2.56. The number of piperidine rings is 1. The van der Waals surface area contributed by atoms with Crippen LogP contribution >= 0.6 is 0 Å². The third-order valence-corrected chi connectivity index (χ3v) is 5.84. The van der Waals surface area contributed by atoms with Gasteiger partial charge in [-0.3, -0.25) is 9.88 Å². The van der Waals surface area contributed by atoms with Gasteiger partial charge in [-0.05, 0) is 45.0 Å². The minimum atomic E-state index is 0.100. The summed E-state index contributed by atoms with van der Waals surface area (Å²) in [5, 5.41) is 0. The molecule has 2 aliphatic heterocycles. The Labute approximate surface area is 144 Å². The van der Waals surface area contributed by atoms with E-state index in [1.54, 1.807) is 0 Å². The van der Waals surface area contributed by atoms with Gasteiger partial charge in [0.15, 0.2) is 0 Å². The quantitative estimate of drug-likeness (QED) is 0.869. The Morgan fingerprint density at radius 3 is 2.67 bits per heavy atom. The lowest BCUT2D eigenvalue weighted by molar-refractivity contribution is 0.00922. The molecule has 1 saturated heterocycles. The maximum Gasteiger partial charge on any atom is 0.129 e. The van der Waals surface area contributed by atoms with E-state index in [1.165, 1.54) is 56.0 Å².